The molecule has 0 radical (unpaired) electrons. The lowest BCUT2D eigenvalue weighted by Crippen LogP contribution is -2.30. The molecule has 3 rings (SSSR count). The first kappa shape index (κ1) is 14.6. The molecule has 0 aromatic heterocycles. The Bertz CT molecular complexity index is 647. The van der Waals surface area contributed by atoms with Gasteiger partial charge in [-0.3, -0.25) is 4.79 Å². The van der Waals surface area contributed by atoms with E-state index in [4.69, 9.17) is 0 Å². The van der Waals surface area contributed by atoms with Crippen LogP contribution in [0.3, 0.4) is 0 Å². The van der Waals surface area contributed by atoms with E-state index < -0.39 is 0 Å². The van der Waals surface area contributed by atoms with Gasteiger partial charge in [-0.15, -0.1) is 0 Å². The number of hydrogen-bond acceptors (Lipinski definition) is 2. The van der Waals surface area contributed by atoms with Crippen molar-refractivity contribution in [1.82, 2.24) is 5.32 Å². The summed E-state index contributed by atoms with van der Waals surface area (Å²) in [6, 6.07) is 18.1. The van der Waals surface area contributed by atoms with Gasteiger partial charge in [0.05, 0.1) is 6.04 Å². The summed E-state index contributed by atoms with van der Waals surface area (Å²) >= 11 is 0. The smallest absolute Gasteiger partial charge is 0.251 e. The fourth-order valence-corrected chi connectivity index (χ4v) is 2.71. The first-order valence-corrected chi connectivity index (χ1v) is 7.78. The maximum Gasteiger partial charge on any atom is 0.251 e. The van der Waals surface area contributed by atoms with E-state index in [-0.39, 0.29) is 11.9 Å². The molecule has 3 nitrogen and oxygen atoms in total. The first-order valence-electron chi connectivity index (χ1n) is 7.78. The second-order valence-corrected chi connectivity index (χ2v) is 6.14. The van der Waals surface area contributed by atoms with Gasteiger partial charge in [-0.2, -0.15) is 0 Å². The van der Waals surface area contributed by atoms with Gasteiger partial charge in [0.25, 0.3) is 5.91 Å². The van der Waals surface area contributed by atoms with Crippen LogP contribution in [-0.2, 0) is 0 Å². The molecular weight excluding hydrogens is 272 g/mol. The monoisotopic (exact) mass is 294 g/mol. The lowest BCUT2D eigenvalue weighted by atomic mass is 10.0. The van der Waals surface area contributed by atoms with E-state index in [0.29, 0.717) is 11.5 Å². The number of carbonyl (C=O) groups excluding carboxylic acids is 1. The van der Waals surface area contributed by atoms with E-state index in [1.54, 1.807) is 0 Å². The van der Waals surface area contributed by atoms with Crippen molar-refractivity contribution in [2.75, 3.05) is 19.0 Å². The van der Waals surface area contributed by atoms with Gasteiger partial charge in [-0.25, -0.2) is 0 Å². The summed E-state index contributed by atoms with van der Waals surface area (Å²) in [5.41, 5.74) is 2.95. The SMILES string of the molecule is CN(C)c1cccc(C(=O)N[C@@H](c2ccccc2)C2CC2)c1. The summed E-state index contributed by atoms with van der Waals surface area (Å²) in [7, 11) is 3.96. The average molecular weight is 294 g/mol. The number of hydrogen-bond donors (Lipinski definition) is 1. The van der Waals surface area contributed by atoms with Gasteiger partial charge in [0.1, 0.15) is 0 Å². The maximum absolute atomic E-state index is 12.6. The fourth-order valence-electron chi connectivity index (χ4n) is 2.71. The molecule has 0 aliphatic heterocycles. The van der Waals surface area contributed by atoms with Crippen LogP contribution in [0.4, 0.5) is 5.69 Å². The molecular formula is C19H22N2O. The predicted molar refractivity (Wildman–Crippen MR) is 90.1 cm³/mol. The topological polar surface area (TPSA) is 32.3 Å². The molecule has 1 aliphatic rings. The minimum atomic E-state index is 0.00412. The van der Waals surface area contributed by atoms with Crippen LogP contribution < -0.4 is 10.2 Å². The third-order valence-corrected chi connectivity index (χ3v) is 4.16. The molecule has 0 saturated heterocycles. The largest absolute Gasteiger partial charge is 0.378 e. The highest BCUT2D eigenvalue weighted by atomic mass is 16.1. The molecule has 0 unspecified atom stereocenters. The highest BCUT2D eigenvalue weighted by Gasteiger charge is 2.33. The standard InChI is InChI=1S/C19H22N2O/c1-21(2)17-10-6-9-16(13-17)19(22)20-18(15-11-12-15)14-7-4-3-5-8-14/h3-10,13,15,18H,11-12H2,1-2H3,(H,20,22)/t18-/m0/s1. The van der Waals surface area contributed by atoms with Crippen molar-refractivity contribution in [3.05, 3.63) is 65.7 Å². The van der Waals surface area contributed by atoms with Gasteiger partial charge >= 0.3 is 0 Å². The van der Waals surface area contributed by atoms with Gasteiger partial charge < -0.3 is 10.2 Å². The van der Waals surface area contributed by atoms with Crippen molar-refractivity contribution in [2.24, 2.45) is 5.92 Å². The third kappa shape index (κ3) is 3.30. The van der Waals surface area contributed by atoms with Gasteiger partial charge in [-0.05, 0) is 42.5 Å². The molecule has 3 heteroatoms. The summed E-state index contributed by atoms with van der Waals surface area (Å²) in [5, 5.41) is 3.22. The molecule has 0 spiro atoms. The Morgan fingerprint density at radius 1 is 1.09 bits per heavy atom. The zero-order valence-corrected chi connectivity index (χ0v) is 13.1. The summed E-state index contributed by atoms with van der Waals surface area (Å²) in [4.78, 5) is 14.6. The number of benzene rings is 2. The average Bonchev–Trinajstić information content (AvgIpc) is 3.38. The molecule has 1 N–H and O–H groups in total. The summed E-state index contributed by atoms with van der Waals surface area (Å²) in [5.74, 6) is 0.577. The number of carbonyl (C=O) groups is 1. The Balaban J connectivity index is 1.78. The van der Waals surface area contributed by atoms with Gasteiger partial charge in [0.2, 0.25) is 0 Å². The Hall–Kier alpha value is -2.29. The molecule has 2 aromatic rings. The van der Waals surface area contributed by atoms with Crippen LogP contribution in [0.1, 0.15) is 34.8 Å². The highest BCUT2D eigenvalue weighted by Crippen LogP contribution is 2.41. The van der Waals surface area contributed by atoms with Gasteiger partial charge in [0, 0.05) is 25.3 Å². The number of rotatable bonds is 5. The molecule has 22 heavy (non-hydrogen) atoms. The van der Waals surface area contributed by atoms with Crippen LogP contribution in [0, 0.1) is 5.92 Å². The summed E-state index contributed by atoms with van der Waals surface area (Å²) in [6.45, 7) is 0. The van der Waals surface area contributed by atoms with Crippen LogP contribution >= 0.6 is 0 Å². The van der Waals surface area contributed by atoms with Crippen molar-refractivity contribution in [3.63, 3.8) is 0 Å². The lowest BCUT2D eigenvalue weighted by Gasteiger charge is -2.19. The molecule has 1 saturated carbocycles. The van der Waals surface area contributed by atoms with Gasteiger partial charge in [0.15, 0.2) is 0 Å². The van der Waals surface area contributed by atoms with Crippen LogP contribution in [0.15, 0.2) is 54.6 Å². The predicted octanol–water partition coefficient (Wildman–Crippen LogP) is 3.63. The number of amides is 1. The minimum absolute atomic E-state index is 0.00412. The summed E-state index contributed by atoms with van der Waals surface area (Å²) in [6.07, 6.45) is 2.38. The van der Waals surface area contributed by atoms with E-state index >= 15 is 0 Å². The van der Waals surface area contributed by atoms with E-state index in [0.717, 1.165) is 5.69 Å². The maximum atomic E-state index is 12.6. The van der Waals surface area contributed by atoms with E-state index in [2.05, 4.69) is 17.4 Å². The van der Waals surface area contributed by atoms with Crippen LogP contribution in [-0.4, -0.2) is 20.0 Å². The Labute approximate surface area is 132 Å². The van der Waals surface area contributed by atoms with Crippen molar-refractivity contribution in [3.8, 4) is 0 Å². The molecule has 0 bridgehead atoms. The van der Waals surface area contributed by atoms with E-state index in [9.17, 15) is 4.79 Å². The molecule has 114 valence electrons. The lowest BCUT2D eigenvalue weighted by molar-refractivity contribution is 0.0931. The third-order valence-electron chi connectivity index (χ3n) is 4.16. The zero-order chi connectivity index (χ0) is 15.5. The first-order chi connectivity index (χ1) is 10.6. The minimum Gasteiger partial charge on any atom is -0.378 e. The molecule has 2 aromatic carbocycles. The molecule has 1 aliphatic carbocycles. The number of nitrogens with one attached hydrogen (secondary N) is 1. The van der Waals surface area contributed by atoms with E-state index in [1.165, 1.54) is 18.4 Å². The molecule has 1 fully saturated rings. The second kappa shape index (κ2) is 6.22. The Morgan fingerprint density at radius 3 is 2.45 bits per heavy atom. The molecule has 1 amide bonds. The Kier molecular flexibility index (Phi) is 4.14. The van der Waals surface area contributed by atoms with Crippen LogP contribution in [0.25, 0.3) is 0 Å². The van der Waals surface area contributed by atoms with Crippen molar-refractivity contribution >= 4 is 11.6 Å². The second-order valence-electron chi connectivity index (χ2n) is 6.14. The van der Waals surface area contributed by atoms with Crippen molar-refractivity contribution in [1.29, 1.82) is 0 Å². The number of nitrogens with zero attached hydrogens (tertiary/aromatic N) is 1. The van der Waals surface area contributed by atoms with Crippen LogP contribution in [0.5, 0.6) is 0 Å². The van der Waals surface area contributed by atoms with Crippen molar-refractivity contribution < 1.29 is 4.79 Å². The normalized spacial score (nSPS) is 15.2. The fraction of sp³-hybridized carbons (Fsp3) is 0.316. The molecule has 1 atom stereocenters. The molecule has 0 heterocycles. The Morgan fingerprint density at radius 2 is 1.82 bits per heavy atom. The van der Waals surface area contributed by atoms with Crippen molar-refractivity contribution in [2.45, 2.75) is 18.9 Å². The highest BCUT2D eigenvalue weighted by molar-refractivity contribution is 5.95. The quantitative estimate of drug-likeness (QED) is 0.913. The van der Waals surface area contributed by atoms with Crippen LogP contribution in [0.2, 0.25) is 0 Å². The summed E-state index contributed by atoms with van der Waals surface area (Å²) < 4.78 is 0. The zero-order valence-electron chi connectivity index (χ0n) is 13.1. The number of anilines is 1. The van der Waals surface area contributed by atoms with Gasteiger partial charge in [-0.1, -0.05) is 36.4 Å². The van der Waals surface area contributed by atoms with E-state index in [1.807, 2.05) is 61.5 Å².